The zero-order chi connectivity index (χ0) is 59.2. The molecular weight excluding hydrogens is 1010 g/mol. The first-order valence-electron chi connectivity index (χ1n) is 37.6. The van der Waals surface area contributed by atoms with Gasteiger partial charge in [0.05, 0.1) is 25.4 Å². The number of aliphatic hydroxyl groups is 2. The molecule has 0 radical (unpaired) electrons. The quantitative estimate of drug-likeness (QED) is 0.0320. The summed E-state index contributed by atoms with van der Waals surface area (Å²) in [6, 6.07) is -0.624. The van der Waals surface area contributed by atoms with Crippen LogP contribution in [-0.2, 0) is 14.3 Å². The molecule has 0 aromatic heterocycles. The summed E-state index contributed by atoms with van der Waals surface area (Å²) >= 11 is 0. The zero-order valence-corrected chi connectivity index (χ0v) is 55.8. The van der Waals surface area contributed by atoms with Gasteiger partial charge < -0.3 is 20.3 Å². The molecule has 0 aromatic rings. The lowest BCUT2D eigenvalue weighted by Crippen LogP contribution is -2.45. The van der Waals surface area contributed by atoms with Gasteiger partial charge in [-0.05, 0) is 57.8 Å². The highest BCUT2D eigenvalue weighted by Crippen LogP contribution is 2.19. The number of carbonyl (C=O) groups excluding carboxylic acids is 2. The Morgan fingerprint density at radius 3 is 0.866 bits per heavy atom. The summed E-state index contributed by atoms with van der Waals surface area (Å²) in [5.74, 6) is -0.0401. The Hall–Kier alpha value is -1.66. The van der Waals surface area contributed by atoms with Crippen molar-refractivity contribution in [3.05, 3.63) is 24.3 Å². The van der Waals surface area contributed by atoms with Crippen molar-refractivity contribution in [3.63, 3.8) is 0 Å². The van der Waals surface area contributed by atoms with Crippen LogP contribution < -0.4 is 5.32 Å². The van der Waals surface area contributed by atoms with Crippen LogP contribution in [0.2, 0.25) is 0 Å². The van der Waals surface area contributed by atoms with Gasteiger partial charge in [-0.3, -0.25) is 9.59 Å². The van der Waals surface area contributed by atoms with Gasteiger partial charge in [0.25, 0.3) is 0 Å². The van der Waals surface area contributed by atoms with Crippen molar-refractivity contribution >= 4 is 11.9 Å². The molecule has 0 saturated carbocycles. The van der Waals surface area contributed by atoms with Gasteiger partial charge in [-0.1, -0.05) is 378 Å². The number of allylic oxidation sites excluding steroid dienone is 3. The predicted molar refractivity (Wildman–Crippen MR) is 361 cm³/mol. The van der Waals surface area contributed by atoms with Crippen LogP contribution in [0.3, 0.4) is 0 Å². The normalized spacial score (nSPS) is 12.6. The maximum absolute atomic E-state index is 12.5. The first-order valence-corrected chi connectivity index (χ1v) is 37.6. The van der Waals surface area contributed by atoms with Gasteiger partial charge in [-0.25, -0.2) is 0 Å². The molecule has 0 aliphatic carbocycles. The van der Waals surface area contributed by atoms with Crippen LogP contribution in [0.15, 0.2) is 24.3 Å². The summed E-state index contributed by atoms with van der Waals surface area (Å²) in [6.07, 6.45) is 91.4. The fourth-order valence-electron chi connectivity index (χ4n) is 12.0. The van der Waals surface area contributed by atoms with E-state index < -0.39 is 12.1 Å². The van der Waals surface area contributed by atoms with E-state index in [-0.39, 0.29) is 18.5 Å². The van der Waals surface area contributed by atoms with E-state index in [9.17, 15) is 19.8 Å². The van der Waals surface area contributed by atoms with Gasteiger partial charge in [-0.15, -0.1) is 0 Å². The predicted octanol–water partition coefficient (Wildman–Crippen LogP) is 24.5. The van der Waals surface area contributed by atoms with Crippen LogP contribution in [0.1, 0.15) is 425 Å². The fourth-order valence-corrected chi connectivity index (χ4v) is 12.0. The second-order valence-electron chi connectivity index (χ2n) is 26.0. The third kappa shape index (κ3) is 67.5. The molecule has 82 heavy (non-hydrogen) atoms. The fraction of sp³-hybridized carbons (Fsp3) is 0.921. The minimum atomic E-state index is -0.841. The van der Waals surface area contributed by atoms with Crippen molar-refractivity contribution < 1.29 is 24.5 Å². The van der Waals surface area contributed by atoms with Crippen LogP contribution in [-0.4, -0.2) is 47.4 Å². The molecule has 486 valence electrons. The van der Waals surface area contributed by atoms with Gasteiger partial charge in [-0.2, -0.15) is 0 Å². The molecule has 0 heterocycles. The summed E-state index contributed by atoms with van der Waals surface area (Å²) in [4.78, 5) is 24.6. The first kappa shape index (κ1) is 80.3. The maximum Gasteiger partial charge on any atom is 0.305 e. The Kier molecular flexibility index (Phi) is 70.4. The monoisotopic (exact) mass is 1150 g/mol. The number of rotatable bonds is 71. The zero-order valence-electron chi connectivity index (χ0n) is 55.8. The lowest BCUT2D eigenvalue weighted by molar-refractivity contribution is -0.143. The van der Waals surface area contributed by atoms with E-state index in [1.165, 1.54) is 360 Å². The largest absolute Gasteiger partial charge is 0.466 e. The number of ether oxygens (including phenoxy) is 1. The first-order chi connectivity index (χ1) is 40.5. The standard InChI is InChI=1S/C76H147NO5/c1-3-5-7-9-11-13-15-17-19-20-34-38-42-46-50-54-58-62-66-70-76(81)82-71-67-63-59-55-51-47-43-39-36-33-31-29-27-25-23-21-22-24-26-28-30-32-35-37-41-45-49-53-57-61-65-69-75(80)77-73(72-78)74(79)68-64-60-56-52-48-44-40-18-16-14-12-10-8-6-4-2/h17,19,64,68,73-74,78-79H,3-16,18,20-63,65-67,69-72H2,1-2H3,(H,77,80)/b19-17-,68-64+. The molecule has 2 unspecified atom stereocenters. The number of esters is 1. The third-order valence-corrected chi connectivity index (χ3v) is 17.7. The number of hydrogen-bond acceptors (Lipinski definition) is 5. The molecule has 6 heteroatoms. The Morgan fingerprint density at radius 2 is 0.573 bits per heavy atom. The Labute approximate surface area is 513 Å². The maximum atomic E-state index is 12.5. The molecule has 0 aliphatic rings. The molecule has 0 aliphatic heterocycles. The highest BCUT2D eigenvalue weighted by molar-refractivity contribution is 5.76. The second-order valence-corrected chi connectivity index (χ2v) is 26.0. The smallest absolute Gasteiger partial charge is 0.305 e. The topological polar surface area (TPSA) is 95.9 Å². The minimum absolute atomic E-state index is 0.0208. The van der Waals surface area contributed by atoms with Crippen LogP contribution in [0.5, 0.6) is 0 Å². The number of amides is 1. The Bertz CT molecular complexity index is 1280. The molecule has 0 saturated heterocycles. The third-order valence-electron chi connectivity index (χ3n) is 17.7. The van der Waals surface area contributed by atoms with E-state index in [2.05, 4.69) is 31.3 Å². The summed E-state index contributed by atoms with van der Waals surface area (Å²) < 4.78 is 5.52. The Balaban J connectivity index is 3.32. The molecule has 0 aromatic carbocycles. The van der Waals surface area contributed by atoms with Gasteiger partial charge in [0, 0.05) is 12.8 Å². The van der Waals surface area contributed by atoms with Crippen molar-refractivity contribution in [2.45, 2.75) is 437 Å². The van der Waals surface area contributed by atoms with Crippen LogP contribution in [0, 0.1) is 0 Å². The van der Waals surface area contributed by atoms with E-state index in [4.69, 9.17) is 4.74 Å². The molecule has 0 bridgehead atoms. The SMILES string of the molecule is CCCCCCCC/C=C\CCCCCCCCCCCC(=O)OCCCCCCCCCCCCCCCCCCCCCCCCCCCCCCCCCC(=O)NC(CO)C(O)/C=C/CCCCCCCCCCCCCCC. The van der Waals surface area contributed by atoms with Crippen molar-refractivity contribution in [1.29, 1.82) is 0 Å². The minimum Gasteiger partial charge on any atom is -0.466 e. The van der Waals surface area contributed by atoms with Crippen molar-refractivity contribution in [2.75, 3.05) is 13.2 Å². The van der Waals surface area contributed by atoms with Crippen molar-refractivity contribution in [2.24, 2.45) is 0 Å². The van der Waals surface area contributed by atoms with Gasteiger partial charge in [0.2, 0.25) is 5.91 Å². The van der Waals surface area contributed by atoms with E-state index >= 15 is 0 Å². The van der Waals surface area contributed by atoms with Crippen molar-refractivity contribution in [3.8, 4) is 0 Å². The van der Waals surface area contributed by atoms with Gasteiger partial charge in [0.1, 0.15) is 0 Å². The van der Waals surface area contributed by atoms with Crippen LogP contribution >= 0.6 is 0 Å². The average Bonchev–Trinajstić information content (AvgIpc) is 3.48. The number of hydrogen-bond donors (Lipinski definition) is 3. The van der Waals surface area contributed by atoms with Gasteiger partial charge >= 0.3 is 5.97 Å². The number of aliphatic hydroxyl groups excluding tert-OH is 2. The number of unbranched alkanes of at least 4 members (excludes halogenated alkanes) is 58. The molecule has 6 nitrogen and oxygen atoms in total. The molecule has 0 spiro atoms. The second kappa shape index (κ2) is 71.8. The summed E-state index contributed by atoms with van der Waals surface area (Å²) in [5.41, 5.74) is 0. The molecule has 0 rings (SSSR count). The molecular formula is C76H147NO5. The van der Waals surface area contributed by atoms with Gasteiger partial charge in [0.15, 0.2) is 0 Å². The van der Waals surface area contributed by atoms with E-state index in [1.54, 1.807) is 6.08 Å². The van der Waals surface area contributed by atoms with Crippen molar-refractivity contribution in [1.82, 2.24) is 5.32 Å². The van der Waals surface area contributed by atoms with E-state index in [0.29, 0.717) is 19.4 Å². The van der Waals surface area contributed by atoms with E-state index in [1.807, 2.05) is 6.08 Å². The highest BCUT2D eigenvalue weighted by Gasteiger charge is 2.18. The summed E-state index contributed by atoms with van der Waals surface area (Å²) in [5, 5.41) is 23.2. The number of carbonyl (C=O) groups is 2. The molecule has 3 N–H and O–H groups in total. The summed E-state index contributed by atoms with van der Waals surface area (Å²) in [7, 11) is 0. The lowest BCUT2D eigenvalue weighted by Gasteiger charge is -2.20. The number of nitrogens with one attached hydrogen (secondary N) is 1. The average molecular weight is 1160 g/mol. The molecule has 2 atom stereocenters. The van der Waals surface area contributed by atoms with Crippen LogP contribution in [0.4, 0.5) is 0 Å². The van der Waals surface area contributed by atoms with E-state index in [0.717, 1.165) is 38.5 Å². The lowest BCUT2D eigenvalue weighted by atomic mass is 10.0. The van der Waals surface area contributed by atoms with Crippen LogP contribution in [0.25, 0.3) is 0 Å². The Morgan fingerprint density at radius 1 is 0.329 bits per heavy atom. The highest BCUT2D eigenvalue weighted by atomic mass is 16.5. The molecule has 0 fully saturated rings. The summed E-state index contributed by atoms with van der Waals surface area (Å²) in [6.45, 7) is 4.94. The molecule has 1 amide bonds.